The Morgan fingerprint density at radius 1 is 1.21 bits per heavy atom. The zero-order valence-electron chi connectivity index (χ0n) is 15.9. The highest BCUT2D eigenvalue weighted by Crippen LogP contribution is 2.47. The quantitative estimate of drug-likeness (QED) is 0.592. The van der Waals surface area contributed by atoms with E-state index in [1.807, 2.05) is 25.1 Å². The number of rotatable bonds is 7. The molecule has 1 aromatic carbocycles. The van der Waals surface area contributed by atoms with E-state index in [1.165, 1.54) is 0 Å². The largest absolute Gasteiger partial charge is 0.373 e. The molecule has 0 amide bonds. The number of benzene rings is 1. The van der Waals surface area contributed by atoms with E-state index >= 15 is 0 Å². The highest BCUT2D eigenvalue weighted by Gasteiger charge is 2.46. The molecule has 5 rings (SSSR count). The van der Waals surface area contributed by atoms with Crippen LogP contribution in [0.3, 0.4) is 0 Å². The molecule has 2 saturated carbocycles. The fourth-order valence-corrected chi connectivity index (χ4v) is 5.21. The van der Waals surface area contributed by atoms with Crippen LogP contribution in [0.4, 0.5) is 0 Å². The normalized spacial score (nSPS) is 27.0. The molecule has 3 atom stereocenters. The SMILES string of the molecule is CCON1C[C@@H]2C[C@H]1C[C@H]2OCc1c(-c2c(Cl)cccc2Cl)noc1C1CC1. The third-order valence-electron chi connectivity index (χ3n) is 6.13. The lowest BCUT2D eigenvalue weighted by atomic mass is 10.0. The third kappa shape index (κ3) is 3.37. The van der Waals surface area contributed by atoms with Crippen LogP contribution in [-0.4, -0.2) is 35.5 Å². The minimum Gasteiger partial charge on any atom is -0.373 e. The molecule has 150 valence electrons. The highest BCUT2D eigenvalue weighted by atomic mass is 35.5. The molecular formula is C21H24Cl2N2O3. The Kier molecular flexibility index (Phi) is 5.14. The molecule has 0 unspecified atom stereocenters. The maximum atomic E-state index is 6.44. The molecule has 2 aromatic rings. The Morgan fingerprint density at radius 3 is 2.64 bits per heavy atom. The van der Waals surface area contributed by atoms with Gasteiger partial charge in [0.05, 0.1) is 29.4 Å². The van der Waals surface area contributed by atoms with Crippen LogP contribution in [0.25, 0.3) is 11.3 Å². The van der Waals surface area contributed by atoms with E-state index in [0.717, 1.165) is 61.4 Å². The summed E-state index contributed by atoms with van der Waals surface area (Å²) in [5.41, 5.74) is 2.45. The summed E-state index contributed by atoms with van der Waals surface area (Å²) in [4.78, 5) is 5.72. The van der Waals surface area contributed by atoms with Crippen LogP contribution in [0.15, 0.2) is 22.7 Å². The summed E-state index contributed by atoms with van der Waals surface area (Å²) in [6.45, 7) is 4.19. The van der Waals surface area contributed by atoms with Crippen LogP contribution in [0.1, 0.15) is 49.8 Å². The van der Waals surface area contributed by atoms with Crippen molar-refractivity contribution in [2.75, 3.05) is 13.2 Å². The summed E-state index contributed by atoms with van der Waals surface area (Å²) in [5.74, 6) is 1.90. The molecule has 2 bridgehead atoms. The van der Waals surface area contributed by atoms with Crippen LogP contribution >= 0.6 is 23.2 Å². The Labute approximate surface area is 174 Å². The van der Waals surface area contributed by atoms with E-state index in [1.54, 1.807) is 0 Å². The smallest absolute Gasteiger partial charge is 0.145 e. The molecule has 2 aliphatic carbocycles. The maximum Gasteiger partial charge on any atom is 0.145 e. The molecule has 7 heteroatoms. The highest BCUT2D eigenvalue weighted by molar-refractivity contribution is 6.39. The van der Waals surface area contributed by atoms with Crippen LogP contribution in [0.2, 0.25) is 10.0 Å². The second-order valence-corrected chi connectivity index (χ2v) is 8.81. The van der Waals surface area contributed by atoms with Crippen molar-refractivity contribution in [2.45, 2.75) is 57.3 Å². The van der Waals surface area contributed by atoms with E-state index in [0.29, 0.717) is 34.5 Å². The minimum absolute atomic E-state index is 0.248. The van der Waals surface area contributed by atoms with Gasteiger partial charge >= 0.3 is 0 Å². The van der Waals surface area contributed by atoms with Gasteiger partial charge in [0.2, 0.25) is 0 Å². The number of piperidine rings is 1. The Morgan fingerprint density at radius 2 is 2.00 bits per heavy atom. The molecule has 0 radical (unpaired) electrons. The molecule has 2 heterocycles. The van der Waals surface area contributed by atoms with Crippen molar-refractivity contribution >= 4 is 23.2 Å². The minimum atomic E-state index is 0.248. The first-order chi connectivity index (χ1) is 13.7. The molecule has 3 aliphatic rings. The molecule has 28 heavy (non-hydrogen) atoms. The van der Waals surface area contributed by atoms with Gasteiger partial charge in [0.25, 0.3) is 0 Å². The molecule has 1 aliphatic heterocycles. The fourth-order valence-electron chi connectivity index (χ4n) is 4.63. The van der Waals surface area contributed by atoms with Crippen molar-refractivity contribution in [2.24, 2.45) is 5.92 Å². The van der Waals surface area contributed by atoms with Crippen molar-refractivity contribution < 1.29 is 14.1 Å². The monoisotopic (exact) mass is 422 g/mol. The zero-order valence-corrected chi connectivity index (χ0v) is 17.4. The maximum absolute atomic E-state index is 6.44. The lowest BCUT2D eigenvalue weighted by Gasteiger charge is -2.30. The molecule has 0 spiro atoms. The Balaban J connectivity index is 1.36. The average molecular weight is 423 g/mol. The Bertz CT molecular complexity index is 847. The predicted octanol–water partition coefficient (Wildman–Crippen LogP) is 5.46. The lowest BCUT2D eigenvalue weighted by molar-refractivity contribution is -0.187. The van der Waals surface area contributed by atoms with Gasteiger partial charge in [-0.3, -0.25) is 4.84 Å². The van der Waals surface area contributed by atoms with Gasteiger partial charge in [-0.2, -0.15) is 5.06 Å². The van der Waals surface area contributed by atoms with Gasteiger partial charge in [-0.1, -0.05) is 34.4 Å². The summed E-state index contributed by atoms with van der Waals surface area (Å²) in [5, 5.41) is 7.64. The van der Waals surface area contributed by atoms with Crippen molar-refractivity contribution in [3.05, 3.63) is 39.6 Å². The van der Waals surface area contributed by atoms with Gasteiger partial charge in [-0.15, -0.1) is 0 Å². The second-order valence-electron chi connectivity index (χ2n) is 8.00. The zero-order chi connectivity index (χ0) is 19.3. The van der Waals surface area contributed by atoms with E-state index in [9.17, 15) is 0 Å². The first kappa shape index (κ1) is 18.9. The van der Waals surface area contributed by atoms with Crippen molar-refractivity contribution in [3.8, 4) is 11.3 Å². The average Bonchev–Trinajstić information content (AvgIpc) is 3.14. The van der Waals surface area contributed by atoms with E-state index < -0.39 is 0 Å². The van der Waals surface area contributed by atoms with Gasteiger partial charge in [0.1, 0.15) is 11.5 Å². The second kappa shape index (κ2) is 7.62. The fraction of sp³-hybridized carbons (Fsp3) is 0.571. The molecule has 3 fully saturated rings. The molecular weight excluding hydrogens is 399 g/mol. The van der Waals surface area contributed by atoms with Crippen LogP contribution in [0.5, 0.6) is 0 Å². The summed E-state index contributed by atoms with van der Waals surface area (Å²) in [6.07, 6.45) is 4.67. The van der Waals surface area contributed by atoms with Gasteiger partial charge in [-0.05, 0) is 44.7 Å². The molecule has 1 saturated heterocycles. The number of fused-ring (bicyclic) bond motifs is 2. The first-order valence-corrected chi connectivity index (χ1v) is 10.8. The van der Waals surface area contributed by atoms with Crippen LogP contribution in [0, 0.1) is 5.92 Å². The van der Waals surface area contributed by atoms with Gasteiger partial charge in [0, 0.05) is 35.5 Å². The standard InChI is InChI=1S/C21H24Cl2N2O3/c1-2-27-25-10-13-8-14(25)9-18(13)26-11-15-20(24-28-21(15)12-6-7-12)19-16(22)4-3-5-17(19)23/h3-5,12-14,18H,2,6-11H2,1H3/t13-,14-,18+/m0/s1. The van der Waals surface area contributed by atoms with Crippen LogP contribution < -0.4 is 0 Å². The van der Waals surface area contributed by atoms with E-state index in [-0.39, 0.29) is 6.10 Å². The van der Waals surface area contributed by atoms with Crippen molar-refractivity contribution in [3.63, 3.8) is 0 Å². The topological polar surface area (TPSA) is 47.7 Å². The molecule has 1 aromatic heterocycles. The van der Waals surface area contributed by atoms with Gasteiger partial charge in [-0.25, -0.2) is 0 Å². The predicted molar refractivity (Wildman–Crippen MR) is 107 cm³/mol. The number of nitrogens with zero attached hydrogens (tertiary/aromatic N) is 2. The summed E-state index contributed by atoms with van der Waals surface area (Å²) in [6, 6.07) is 5.97. The van der Waals surface area contributed by atoms with Crippen molar-refractivity contribution in [1.29, 1.82) is 0 Å². The number of hydrogen-bond acceptors (Lipinski definition) is 5. The number of ether oxygens (including phenoxy) is 1. The number of hydrogen-bond donors (Lipinski definition) is 0. The summed E-state index contributed by atoms with van der Waals surface area (Å²) < 4.78 is 12.1. The number of halogens is 2. The van der Waals surface area contributed by atoms with Crippen LogP contribution in [-0.2, 0) is 16.2 Å². The van der Waals surface area contributed by atoms with Gasteiger partial charge < -0.3 is 9.26 Å². The van der Waals surface area contributed by atoms with Gasteiger partial charge in [0.15, 0.2) is 0 Å². The summed E-state index contributed by atoms with van der Waals surface area (Å²) in [7, 11) is 0. The molecule has 5 nitrogen and oxygen atoms in total. The summed E-state index contributed by atoms with van der Waals surface area (Å²) >= 11 is 12.9. The van der Waals surface area contributed by atoms with Crippen molar-refractivity contribution in [1.82, 2.24) is 10.2 Å². The first-order valence-electron chi connectivity index (χ1n) is 10.1. The lowest BCUT2D eigenvalue weighted by Crippen LogP contribution is -2.38. The van der Waals surface area contributed by atoms with E-state index in [4.69, 9.17) is 37.3 Å². The number of aromatic nitrogens is 1. The number of hydroxylamine groups is 2. The van der Waals surface area contributed by atoms with E-state index in [2.05, 4.69) is 10.2 Å². The third-order valence-corrected chi connectivity index (χ3v) is 6.76. The Hall–Kier alpha value is -1.11. The molecule has 0 N–H and O–H groups in total.